The van der Waals surface area contributed by atoms with Crippen LogP contribution in [0, 0.1) is 11.8 Å². The second-order valence-electron chi connectivity index (χ2n) is 7.79. The third-order valence-electron chi connectivity index (χ3n) is 5.46. The van der Waals surface area contributed by atoms with Crippen LogP contribution in [-0.2, 0) is 14.3 Å². The summed E-state index contributed by atoms with van der Waals surface area (Å²) in [6.07, 6.45) is 0.982. The van der Waals surface area contributed by atoms with Crippen molar-refractivity contribution >= 4 is 17.5 Å². The number of piperidine rings is 1. The number of nitrogens with one attached hydrogen (secondary N) is 2. The van der Waals surface area contributed by atoms with Gasteiger partial charge in [0, 0.05) is 26.2 Å². The van der Waals surface area contributed by atoms with Gasteiger partial charge in [-0.2, -0.15) is 0 Å². The lowest BCUT2D eigenvalue weighted by atomic mass is 9.84. The van der Waals surface area contributed by atoms with Gasteiger partial charge >= 0.3 is 0 Å². The number of ether oxygens (including phenoxy) is 1. The largest absolute Gasteiger partial charge is 0.379 e. The fourth-order valence-electron chi connectivity index (χ4n) is 3.95. The molecule has 1 aromatic carbocycles. The number of hydrogen-bond acceptors (Lipinski definition) is 5. The molecule has 2 fully saturated rings. The molecule has 7 heteroatoms. The molecule has 7 nitrogen and oxygen atoms in total. The zero-order valence-electron chi connectivity index (χ0n) is 17.1. The molecule has 0 aliphatic carbocycles. The van der Waals surface area contributed by atoms with Crippen molar-refractivity contribution in [2.24, 2.45) is 11.8 Å². The molecule has 28 heavy (non-hydrogen) atoms. The maximum atomic E-state index is 13.0. The molecule has 3 rings (SSSR count). The number of hydrogen-bond donors (Lipinski definition) is 2. The molecule has 2 saturated heterocycles. The summed E-state index contributed by atoms with van der Waals surface area (Å²) in [5.74, 6) is -0.429. The van der Waals surface area contributed by atoms with E-state index in [9.17, 15) is 9.59 Å². The normalized spacial score (nSPS) is 25.2. The molecule has 0 spiro atoms. The first-order valence-electron chi connectivity index (χ1n) is 10.3. The third-order valence-corrected chi connectivity index (χ3v) is 5.46. The van der Waals surface area contributed by atoms with E-state index >= 15 is 0 Å². The Kier molecular flexibility index (Phi) is 7.04. The molecular weight excluding hydrogens is 356 g/mol. The quantitative estimate of drug-likeness (QED) is 0.659. The van der Waals surface area contributed by atoms with E-state index < -0.39 is 0 Å². The van der Waals surface area contributed by atoms with E-state index in [0.29, 0.717) is 26.2 Å². The van der Waals surface area contributed by atoms with Crippen molar-refractivity contribution in [3.63, 3.8) is 0 Å². The van der Waals surface area contributed by atoms with Gasteiger partial charge in [-0.15, -0.1) is 0 Å². The fraction of sp³-hybridized carbons (Fsp3) is 0.619. The first-order valence-corrected chi connectivity index (χ1v) is 10.3. The number of rotatable bonds is 8. The van der Waals surface area contributed by atoms with Crippen LogP contribution >= 0.6 is 0 Å². The lowest BCUT2D eigenvalue weighted by Gasteiger charge is -2.37. The maximum absolute atomic E-state index is 13.0. The Morgan fingerprint density at radius 3 is 2.71 bits per heavy atom. The number of benzene rings is 1. The van der Waals surface area contributed by atoms with Crippen molar-refractivity contribution in [2.45, 2.75) is 39.3 Å². The molecule has 2 heterocycles. The summed E-state index contributed by atoms with van der Waals surface area (Å²) in [5, 5.41) is 4.65. The Morgan fingerprint density at radius 1 is 1.29 bits per heavy atom. The number of fused-ring (bicyclic) bond motifs is 1. The van der Waals surface area contributed by atoms with Gasteiger partial charge in [0.05, 0.1) is 29.7 Å². The Balaban J connectivity index is 1.65. The third kappa shape index (κ3) is 4.71. The molecule has 154 valence electrons. The van der Waals surface area contributed by atoms with E-state index in [2.05, 4.69) is 22.6 Å². The van der Waals surface area contributed by atoms with Gasteiger partial charge in [-0.3, -0.25) is 9.59 Å². The molecule has 2 aliphatic heterocycles. The molecular formula is C21H32N4O3. The average Bonchev–Trinajstić information content (AvgIpc) is 3.04. The molecule has 3 atom stereocenters. The van der Waals surface area contributed by atoms with E-state index in [1.807, 2.05) is 44.2 Å². The van der Waals surface area contributed by atoms with Gasteiger partial charge in [0.2, 0.25) is 11.8 Å². The number of para-hydroxylation sites is 1. The molecule has 2 amide bonds. The van der Waals surface area contributed by atoms with Crippen LogP contribution < -0.4 is 15.8 Å². The molecule has 3 unspecified atom stereocenters. The van der Waals surface area contributed by atoms with Gasteiger partial charge in [0.15, 0.2) is 0 Å². The summed E-state index contributed by atoms with van der Waals surface area (Å²) in [5.41, 5.74) is 4.14. The van der Waals surface area contributed by atoms with Crippen LogP contribution in [0.25, 0.3) is 0 Å². The van der Waals surface area contributed by atoms with Gasteiger partial charge < -0.3 is 15.0 Å². The summed E-state index contributed by atoms with van der Waals surface area (Å²) in [6, 6.07) is 9.38. The lowest BCUT2D eigenvalue weighted by Crippen LogP contribution is -2.57. The smallest absolute Gasteiger partial charge is 0.247 e. The zero-order chi connectivity index (χ0) is 20.1. The highest BCUT2D eigenvalue weighted by Crippen LogP contribution is 2.31. The number of carbonyl (C=O) groups excluding carboxylic acids is 2. The Labute approximate surface area is 167 Å². The second-order valence-corrected chi connectivity index (χ2v) is 7.79. The molecule has 0 radical (unpaired) electrons. The topological polar surface area (TPSA) is 73.9 Å². The van der Waals surface area contributed by atoms with Gasteiger partial charge in [-0.25, -0.2) is 10.4 Å². The highest BCUT2D eigenvalue weighted by molar-refractivity contribution is 5.98. The van der Waals surface area contributed by atoms with Crippen LogP contribution in [0.5, 0.6) is 0 Å². The Morgan fingerprint density at radius 2 is 2.04 bits per heavy atom. The van der Waals surface area contributed by atoms with Gasteiger partial charge in [-0.1, -0.05) is 25.1 Å². The molecule has 1 aromatic rings. The lowest BCUT2D eigenvalue weighted by molar-refractivity contribution is -0.129. The van der Waals surface area contributed by atoms with E-state index in [1.165, 1.54) is 0 Å². The summed E-state index contributed by atoms with van der Waals surface area (Å²) >= 11 is 0. The second kappa shape index (κ2) is 9.49. The van der Waals surface area contributed by atoms with Crippen molar-refractivity contribution < 1.29 is 14.3 Å². The van der Waals surface area contributed by atoms with Crippen molar-refractivity contribution in [3.8, 4) is 0 Å². The van der Waals surface area contributed by atoms with Crippen molar-refractivity contribution in [1.82, 2.24) is 15.6 Å². The minimum atomic E-state index is -0.262. The van der Waals surface area contributed by atoms with Gasteiger partial charge in [0.25, 0.3) is 0 Å². The van der Waals surface area contributed by atoms with Crippen molar-refractivity contribution in [1.29, 1.82) is 0 Å². The number of carbonyl (C=O) groups is 2. The number of hydrazine groups is 1. The summed E-state index contributed by atoms with van der Waals surface area (Å²) in [6.45, 7) is 9.46. The predicted octanol–water partition coefficient (Wildman–Crippen LogP) is 1.41. The monoisotopic (exact) mass is 388 g/mol. The standard InChI is InChI=1S/C21H32N4O3/c1-4-24-13-17(20(26)22-11-8-12-28-15(2)3)19-18(14-24)21(27)25(23-19)16-9-6-5-7-10-16/h5-7,9-10,15,17-19,23H,4,8,11-14H2,1-3H3,(H,22,26). The number of amides is 2. The first-order chi connectivity index (χ1) is 13.5. The van der Waals surface area contributed by atoms with Crippen LogP contribution in [0.3, 0.4) is 0 Å². The van der Waals surface area contributed by atoms with Crippen molar-refractivity contribution in [3.05, 3.63) is 30.3 Å². The summed E-state index contributed by atoms with van der Waals surface area (Å²) in [4.78, 5) is 28.1. The van der Waals surface area contributed by atoms with Gasteiger partial charge in [-0.05, 0) is 38.9 Å². The van der Waals surface area contributed by atoms with Crippen LogP contribution in [0.1, 0.15) is 27.2 Å². The van der Waals surface area contributed by atoms with Crippen LogP contribution in [0.4, 0.5) is 5.69 Å². The highest BCUT2D eigenvalue weighted by atomic mass is 16.5. The number of nitrogens with zero attached hydrogens (tertiary/aromatic N) is 2. The van der Waals surface area contributed by atoms with Crippen LogP contribution in [-0.4, -0.2) is 61.6 Å². The molecule has 2 aliphatic rings. The minimum absolute atomic E-state index is 0.00732. The maximum Gasteiger partial charge on any atom is 0.247 e. The number of anilines is 1. The molecule has 0 saturated carbocycles. The first kappa shape index (κ1) is 20.8. The van der Waals surface area contributed by atoms with Crippen molar-refractivity contribution in [2.75, 3.05) is 37.8 Å². The average molecular weight is 389 g/mol. The Hall–Kier alpha value is -1.96. The highest BCUT2D eigenvalue weighted by Gasteiger charge is 2.50. The zero-order valence-corrected chi connectivity index (χ0v) is 17.1. The fourth-order valence-corrected chi connectivity index (χ4v) is 3.95. The summed E-state index contributed by atoms with van der Waals surface area (Å²) in [7, 11) is 0. The predicted molar refractivity (Wildman–Crippen MR) is 109 cm³/mol. The van der Waals surface area contributed by atoms with Gasteiger partial charge in [0.1, 0.15) is 0 Å². The molecule has 0 aromatic heterocycles. The molecule has 0 bridgehead atoms. The number of likely N-dealkylation sites (tertiary alicyclic amines) is 1. The van der Waals surface area contributed by atoms with E-state index in [1.54, 1.807) is 5.01 Å². The Bertz CT molecular complexity index is 667. The van der Waals surface area contributed by atoms with Crippen LogP contribution in [0.2, 0.25) is 0 Å². The van der Waals surface area contributed by atoms with E-state index in [4.69, 9.17) is 4.74 Å². The van der Waals surface area contributed by atoms with E-state index in [0.717, 1.165) is 18.7 Å². The summed E-state index contributed by atoms with van der Waals surface area (Å²) < 4.78 is 5.53. The van der Waals surface area contributed by atoms with E-state index in [-0.39, 0.29) is 35.8 Å². The minimum Gasteiger partial charge on any atom is -0.379 e. The molecule has 2 N–H and O–H groups in total. The van der Waals surface area contributed by atoms with Crippen LogP contribution in [0.15, 0.2) is 30.3 Å². The SMILES string of the molecule is CCN1CC(C(=O)NCCCOC(C)C)C2NN(c3ccccc3)C(=O)C2C1.